The minimum atomic E-state index is -0.309. The van der Waals surface area contributed by atoms with Crippen LogP contribution in [0.5, 0.6) is 0 Å². The van der Waals surface area contributed by atoms with Crippen molar-refractivity contribution >= 4 is 11.6 Å². The van der Waals surface area contributed by atoms with E-state index in [0.29, 0.717) is 12.2 Å². The number of fused-ring (bicyclic) bond motifs is 1. The van der Waals surface area contributed by atoms with Crippen LogP contribution in [0.4, 0.5) is 10.1 Å². The molecular weight excluding hydrogens is 229 g/mol. The van der Waals surface area contributed by atoms with Crippen LogP contribution in [0.25, 0.3) is 0 Å². The van der Waals surface area contributed by atoms with Gasteiger partial charge in [-0.15, -0.1) is 0 Å². The number of para-hydroxylation sites is 1. The van der Waals surface area contributed by atoms with Crippen LogP contribution in [0.3, 0.4) is 0 Å². The van der Waals surface area contributed by atoms with Gasteiger partial charge >= 0.3 is 0 Å². The van der Waals surface area contributed by atoms with Gasteiger partial charge in [0.25, 0.3) is 0 Å². The summed E-state index contributed by atoms with van der Waals surface area (Å²) in [5.41, 5.74) is 0.422. The Morgan fingerprint density at radius 1 is 1.28 bits per heavy atom. The molecule has 1 aromatic rings. The molecule has 96 valence electrons. The van der Waals surface area contributed by atoms with Gasteiger partial charge in [-0.05, 0) is 50.2 Å². The summed E-state index contributed by atoms with van der Waals surface area (Å²) >= 11 is 0. The second-order valence-corrected chi connectivity index (χ2v) is 5.46. The van der Waals surface area contributed by atoms with Gasteiger partial charge in [-0.2, -0.15) is 0 Å². The van der Waals surface area contributed by atoms with Gasteiger partial charge < -0.3 is 4.90 Å². The highest BCUT2D eigenvalue weighted by Crippen LogP contribution is 2.54. The first-order valence-corrected chi connectivity index (χ1v) is 6.76. The van der Waals surface area contributed by atoms with Crippen molar-refractivity contribution in [2.24, 2.45) is 17.8 Å². The van der Waals surface area contributed by atoms with Crippen LogP contribution in [-0.4, -0.2) is 12.5 Å². The lowest BCUT2D eigenvalue weighted by molar-refractivity contribution is -0.122. The molecule has 0 bridgehead atoms. The molecule has 0 N–H and O–H groups in total. The van der Waals surface area contributed by atoms with Gasteiger partial charge in [0, 0.05) is 12.5 Å². The Bertz CT molecular complexity index is 463. The van der Waals surface area contributed by atoms with E-state index in [-0.39, 0.29) is 17.6 Å². The summed E-state index contributed by atoms with van der Waals surface area (Å²) in [6, 6.07) is 6.53. The van der Waals surface area contributed by atoms with E-state index in [1.807, 2.05) is 6.92 Å². The van der Waals surface area contributed by atoms with E-state index < -0.39 is 0 Å². The van der Waals surface area contributed by atoms with Gasteiger partial charge in [0.2, 0.25) is 5.91 Å². The molecule has 2 aliphatic carbocycles. The summed E-state index contributed by atoms with van der Waals surface area (Å²) in [6.45, 7) is 2.44. The Balaban J connectivity index is 1.79. The summed E-state index contributed by atoms with van der Waals surface area (Å²) in [5, 5.41) is 0. The highest BCUT2D eigenvalue weighted by Gasteiger charge is 2.48. The number of carbonyl (C=O) groups excluding carboxylic acids is 1. The topological polar surface area (TPSA) is 20.3 Å². The fraction of sp³-hybridized carbons (Fsp3) is 0.533. The Labute approximate surface area is 107 Å². The van der Waals surface area contributed by atoms with E-state index >= 15 is 0 Å². The summed E-state index contributed by atoms with van der Waals surface area (Å²) in [7, 11) is 0. The van der Waals surface area contributed by atoms with E-state index in [4.69, 9.17) is 0 Å². The number of carbonyl (C=O) groups is 1. The van der Waals surface area contributed by atoms with E-state index in [1.54, 1.807) is 23.1 Å². The lowest BCUT2D eigenvalue weighted by Gasteiger charge is -2.25. The molecular formula is C15H18FNO. The molecule has 0 aromatic heterocycles. The molecule has 1 aromatic carbocycles. The molecule has 3 rings (SSSR count). The van der Waals surface area contributed by atoms with Crippen molar-refractivity contribution < 1.29 is 9.18 Å². The van der Waals surface area contributed by atoms with Crippen molar-refractivity contribution in [2.45, 2.75) is 26.2 Å². The number of nitrogens with zero attached hydrogens (tertiary/aromatic N) is 1. The number of hydrogen-bond donors (Lipinski definition) is 0. The SMILES string of the molecule is CCN(C(=O)C1CC2CC2C1)c1ccccc1F. The lowest BCUT2D eigenvalue weighted by atomic mass is 10.0. The third-order valence-corrected chi connectivity index (χ3v) is 4.32. The van der Waals surface area contributed by atoms with Crippen LogP contribution in [0, 0.1) is 23.6 Å². The minimum Gasteiger partial charge on any atom is -0.310 e. The molecule has 2 unspecified atom stereocenters. The number of halogens is 1. The Kier molecular flexibility index (Phi) is 2.84. The fourth-order valence-electron chi connectivity index (χ4n) is 3.25. The maximum Gasteiger partial charge on any atom is 0.230 e. The van der Waals surface area contributed by atoms with Crippen LogP contribution < -0.4 is 4.90 Å². The first-order valence-electron chi connectivity index (χ1n) is 6.76. The quantitative estimate of drug-likeness (QED) is 0.803. The van der Waals surface area contributed by atoms with Crippen LogP contribution in [0.2, 0.25) is 0 Å². The molecule has 2 nitrogen and oxygen atoms in total. The molecule has 0 aliphatic heterocycles. The maximum atomic E-state index is 13.8. The highest BCUT2D eigenvalue weighted by molar-refractivity contribution is 5.95. The lowest BCUT2D eigenvalue weighted by Crippen LogP contribution is -2.36. The third kappa shape index (κ3) is 1.92. The molecule has 2 atom stereocenters. The Hall–Kier alpha value is -1.38. The average molecular weight is 247 g/mol. The van der Waals surface area contributed by atoms with Gasteiger partial charge in [0.05, 0.1) is 5.69 Å². The standard InChI is InChI=1S/C15H18FNO/c1-2-17(14-6-4-3-5-13(14)16)15(18)12-8-10-7-11(10)9-12/h3-6,10-12H,2,7-9H2,1H3. The zero-order chi connectivity index (χ0) is 12.7. The molecule has 2 fully saturated rings. The number of rotatable bonds is 3. The predicted octanol–water partition coefficient (Wildman–Crippen LogP) is 3.22. The third-order valence-electron chi connectivity index (χ3n) is 4.32. The molecule has 0 saturated heterocycles. The largest absolute Gasteiger partial charge is 0.310 e. The first-order chi connectivity index (χ1) is 8.70. The number of anilines is 1. The molecule has 2 saturated carbocycles. The molecule has 0 spiro atoms. The van der Waals surface area contributed by atoms with Crippen molar-refractivity contribution in [2.75, 3.05) is 11.4 Å². The van der Waals surface area contributed by atoms with Crippen molar-refractivity contribution in [3.63, 3.8) is 0 Å². The molecule has 18 heavy (non-hydrogen) atoms. The van der Waals surface area contributed by atoms with E-state index in [9.17, 15) is 9.18 Å². The van der Waals surface area contributed by atoms with E-state index in [1.165, 1.54) is 12.5 Å². The Morgan fingerprint density at radius 3 is 2.56 bits per heavy atom. The maximum absolute atomic E-state index is 13.8. The van der Waals surface area contributed by atoms with Gasteiger partial charge in [0.15, 0.2) is 0 Å². The smallest absolute Gasteiger partial charge is 0.230 e. The van der Waals surface area contributed by atoms with Crippen LogP contribution in [0.15, 0.2) is 24.3 Å². The van der Waals surface area contributed by atoms with E-state index in [2.05, 4.69) is 0 Å². The molecule has 3 heteroatoms. The van der Waals surface area contributed by atoms with E-state index in [0.717, 1.165) is 24.7 Å². The van der Waals surface area contributed by atoms with Crippen molar-refractivity contribution in [1.29, 1.82) is 0 Å². The van der Waals surface area contributed by atoms with Crippen LogP contribution in [-0.2, 0) is 4.79 Å². The average Bonchev–Trinajstić information content (AvgIpc) is 2.99. The summed E-state index contributed by atoms with van der Waals surface area (Å²) < 4.78 is 13.8. The molecule has 2 aliphatic rings. The normalized spacial score (nSPS) is 28.9. The summed E-state index contributed by atoms with van der Waals surface area (Å²) in [5.74, 6) is 1.47. The predicted molar refractivity (Wildman–Crippen MR) is 68.7 cm³/mol. The number of amides is 1. The van der Waals surface area contributed by atoms with Gasteiger partial charge in [-0.1, -0.05) is 12.1 Å². The fourth-order valence-corrected chi connectivity index (χ4v) is 3.25. The summed E-state index contributed by atoms with van der Waals surface area (Å²) in [4.78, 5) is 14.1. The second-order valence-electron chi connectivity index (χ2n) is 5.46. The van der Waals surface area contributed by atoms with Crippen molar-refractivity contribution in [3.05, 3.63) is 30.1 Å². The van der Waals surface area contributed by atoms with Gasteiger partial charge in [-0.3, -0.25) is 4.79 Å². The monoisotopic (exact) mass is 247 g/mol. The van der Waals surface area contributed by atoms with Crippen LogP contribution in [0.1, 0.15) is 26.2 Å². The number of benzene rings is 1. The second kappa shape index (κ2) is 4.38. The molecule has 1 amide bonds. The van der Waals surface area contributed by atoms with Gasteiger partial charge in [0.1, 0.15) is 5.82 Å². The highest BCUT2D eigenvalue weighted by atomic mass is 19.1. The summed E-state index contributed by atoms with van der Waals surface area (Å²) in [6.07, 6.45) is 3.32. The van der Waals surface area contributed by atoms with Gasteiger partial charge in [-0.25, -0.2) is 4.39 Å². The first kappa shape index (κ1) is 11.7. The Morgan fingerprint density at radius 2 is 1.94 bits per heavy atom. The van der Waals surface area contributed by atoms with Crippen molar-refractivity contribution in [3.8, 4) is 0 Å². The zero-order valence-electron chi connectivity index (χ0n) is 10.6. The molecule has 0 radical (unpaired) electrons. The molecule has 0 heterocycles. The number of hydrogen-bond acceptors (Lipinski definition) is 1. The van der Waals surface area contributed by atoms with Crippen molar-refractivity contribution in [1.82, 2.24) is 0 Å². The zero-order valence-corrected chi connectivity index (χ0v) is 10.6. The van der Waals surface area contributed by atoms with Crippen LogP contribution >= 0.6 is 0 Å². The minimum absolute atomic E-state index is 0.106.